The third-order valence-corrected chi connectivity index (χ3v) is 5.01. The molecule has 0 saturated heterocycles. The smallest absolute Gasteiger partial charge is 0.352 e. The summed E-state index contributed by atoms with van der Waals surface area (Å²) >= 11 is 12.1. The van der Waals surface area contributed by atoms with Crippen LogP contribution in [-0.2, 0) is 6.42 Å². The van der Waals surface area contributed by atoms with Gasteiger partial charge in [-0.1, -0.05) is 48.7 Å². The highest BCUT2D eigenvalue weighted by Gasteiger charge is 2.34. The molecule has 0 bridgehead atoms. The van der Waals surface area contributed by atoms with Crippen molar-refractivity contribution >= 4 is 39.5 Å². The highest BCUT2D eigenvalue weighted by atomic mass is 35.5. The Hall–Kier alpha value is -2.11. The average Bonchev–Trinajstić information content (AvgIpc) is 3.20. The predicted octanol–water partition coefficient (Wildman–Crippen LogP) is 4.89. The summed E-state index contributed by atoms with van der Waals surface area (Å²) in [5.41, 5.74) is 1.40. The maximum absolute atomic E-state index is 11.3. The molecule has 1 N–H and O–H groups in total. The first-order chi connectivity index (χ1) is 12.4. The number of halogens is 2. The van der Waals surface area contributed by atoms with Crippen LogP contribution < -0.4 is 0 Å². The van der Waals surface area contributed by atoms with E-state index in [0.29, 0.717) is 6.42 Å². The molecule has 0 aliphatic carbocycles. The van der Waals surface area contributed by atoms with Crippen LogP contribution in [0.3, 0.4) is 0 Å². The number of carbonyl (C=O) groups is 1. The second-order valence-electron chi connectivity index (χ2n) is 6.30. The molecule has 7 heteroatoms. The molecule has 0 unspecified atom stereocenters. The van der Waals surface area contributed by atoms with E-state index in [-0.39, 0.29) is 16.0 Å². The van der Waals surface area contributed by atoms with Crippen molar-refractivity contribution in [1.82, 2.24) is 4.57 Å². The van der Waals surface area contributed by atoms with Gasteiger partial charge in [0.1, 0.15) is 5.69 Å². The normalized spacial score (nSPS) is 15.7. The molecule has 1 aromatic carbocycles. The van der Waals surface area contributed by atoms with Gasteiger partial charge in [0, 0.05) is 18.3 Å². The van der Waals surface area contributed by atoms with E-state index in [0.717, 1.165) is 30.5 Å². The first kappa shape index (κ1) is 18.7. The summed E-state index contributed by atoms with van der Waals surface area (Å²) in [4.78, 5) is 20.3. The minimum absolute atomic E-state index is 0.223. The monoisotopic (exact) mass is 391 g/mol. The Morgan fingerprint density at radius 2 is 1.81 bits per heavy atom. The maximum atomic E-state index is 11.3. The summed E-state index contributed by atoms with van der Waals surface area (Å²) in [6.45, 7) is 2.12. The molecular formula is C19H19Cl2N3O2. The van der Waals surface area contributed by atoms with E-state index in [1.54, 1.807) is 22.9 Å². The van der Waals surface area contributed by atoms with Gasteiger partial charge in [0.05, 0.1) is 0 Å². The van der Waals surface area contributed by atoms with E-state index < -0.39 is 11.6 Å². The average molecular weight is 392 g/mol. The van der Waals surface area contributed by atoms with Gasteiger partial charge in [0.25, 0.3) is 0 Å². The van der Waals surface area contributed by atoms with Crippen molar-refractivity contribution in [2.75, 3.05) is 0 Å². The number of rotatable bonds is 7. The molecule has 0 radical (unpaired) electrons. The zero-order chi connectivity index (χ0) is 18.7. The second-order valence-corrected chi connectivity index (χ2v) is 7.02. The molecule has 1 aliphatic heterocycles. The number of nitrogens with zero attached hydrogens (tertiary/aromatic N) is 3. The molecule has 0 amide bonds. The standard InChI is InChI=1S/C19H19Cl2N3O2/c1-2-3-10-19(22-16(20)17(21)23-19)12-13-6-8-14(9-7-13)24-11-4-5-15(24)18(25)26/h4-9,11H,2-3,10,12H2,1H3,(H,25,26). The zero-order valence-corrected chi connectivity index (χ0v) is 15.8. The quantitative estimate of drug-likeness (QED) is 0.729. The van der Waals surface area contributed by atoms with Crippen molar-refractivity contribution < 1.29 is 9.90 Å². The number of carboxylic acids is 1. The third-order valence-electron chi connectivity index (χ3n) is 4.38. The second kappa shape index (κ2) is 7.64. The van der Waals surface area contributed by atoms with E-state index in [1.165, 1.54) is 0 Å². The number of hydrogen-bond donors (Lipinski definition) is 1. The van der Waals surface area contributed by atoms with Crippen LogP contribution in [0.5, 0.6) is 0 Å². The van der Waals surface area contributed by atoms with E-state index in [4.69, 9.17) is 23.2 Å². The molecule has 2 heterocycles. The summed E-state index contributed by atoms with van der Waals surface area (Å²) in [6.07, 6.45) is 5.11. The van der Waals surface area contributed by atoms with Crippen molar-refractivity contribution in [1.29, 1.82) is 0 Å². The van der Waals surface area contributed by atoms with Gasteiger partial charge in [-0.25, -0.2) is 14.8 Å². The third kappa shape index (κ3) is 3.84. The molecule has 26 heavy (non-hydrogen) atoms. The van der Waals surface area contributed by atoms with Crippen molar-refractivity contribution in [3.63, 3.8) is 0 Å². The Morgan fingerprint density at radius 3 is 2.38 bits per heavy atom. The summed E-state index contributed by atoms with van der Waals surface area (Å²) in [5.74, 6) is -0.962. The molecule has 2 aromatic rings. The predicted molar refractivity (Wildman–Crippen MR) is 105 cm³/mol. The van der Waals surface area contributed by atoms with Gasteiger partial charge in [0.15, 0.2) is 16.0 Å². The van der Waals surface area contributed by atoms with Crippen LogP contribution in [0.1, 0.15) is 42.2 Å². The highest BCUT2D eigenvalue weighted by molar-refractivity contribution is 7.00. The fraction of sp³-hybridized carbons (Fsp3) is 0.316. The van der Waals surface area contributed by atoms with Gasteiger partial charge >= 0.3 is 5.97 Å². The fourth-order valence-corrected chi connectivity index (χ4v) is 3.50. The maximum Gasteiger partial charge on any atom is 0.352 e. The summed E-state index contributed by atoms with van der Waals surface area (Å²) in [6, 6.07) is 11.0. The SMILES string of the molecule is CCCCC1(Cc2ccc(-n3cccc3C(=O)O)cc2)N=C(Cl)C(Cl)=N1. The number of benzene rings is 1. The Labute approximate surface area is 162 Å². The van der Waals surface area contributed by atoms with E-state index >= 15 is 0 Å². The molecule has 136 valence electrons. The van der Waals surface area contributed by atoms with Crippen LogP contribution >= 0.6 is 23.2 Å². The Bertz CT molecular complexity index is 851. The largest absolute Gasteiger partial charge is 0.477 e. The lowest BCUT2D eigenvalue weighted by atomic mass is 9.95. The highest BCUT2D eigenvalue weighted by Crippen LogP contribution is 2.32. The first-order valence-electron chi connectivity index (χ1n) is 8.45. The van der Waals surface area contributed by atoms with Crippen molar-refractivity contribution in [3.05, 3.63) is 53.9 Å². The number of aliphatic imine (C=N–C) groups is 2. The zero-order valence-electron chi connectivity index (χ0n) is 14.3. The Balaban J connectivity index is 1.84. The molecule has 0 fully saturated rings. The summed E-state index contributed by atoms with van der Waals surface area (Å²) in [7, 11) is 0. The van der Waals surface area contributed by atoms with Crippen molar-refractivity contribution in [3.8, 4) is 5.69 Å². The fourth-order valence-electron chi connectivity index (χ4n) is 3.10. The molecule has 5 nitrogen and oxygen atoms in total. The lowest BCUT2D eigenvalue weighted by Gasteiger charge is -2.23. The van der Waals surface area contributed by atoms with Crippen LogP contribution in [0.25, 0.3) is 5.69 Å². The molecule has 3 rings (SSSR count). The van der Waals surface area contributed by atoms with Crippen LogP contribution in [0, 0.1) is 0 Å². The first-order valence-corrected chi connectivity index (χ1v) is 9.21. The molecule has 1 aromatic heterocycles. The van der Waals surface area contributed by atoms with Gasteiger partial charge < -0.3 is 9.67 Å². The Morgan fingerprint density at radius 1 is 1.15 bits per heavy atom. The minimum Gasteiger partial charge on any atom is -0.477 e. The molecule has 1 aliphatic rings. The summed E-state index contributed by atoms with van der Waals surface area (Å²) < 4.78 is 1.64. The number of hydrogen-bond acceptors (Lipinski definition) is 3. The molecule has 0 atom stereocenters. The van der Waals surface area contributed by atoms with E-state index in [1.807, 2.05) is 24.3 Å². The number of aromatic carboxylic acids is 1. The van der Waals surface area contributed by atoms with Crippen molar-refractivity contribution in [2.24, 2.45) is 9.98 Å². The molecular weight excluding hydrogens is 373 g/mol. The Kier molecular flexibility index (Phi) is 5.49. The lowest BCUT2D eigenvalue weighted by molar-refractivity contribution is 0.0688. The number of aromatic nitrogens is 1. The van der Waals surface area contributed by atoms with Crippen LogP contribution in [0.2, 0.25) is 0 Å². The van der Waals surface area contributed by atoms with Crippen molar-refractivity contribution in [2.45, 2.75) is 38.3 Å². The van der Waals surface area contributed by atoms with E-state index in [2.05, 4.69) is 16.9 Å². The minimum atomic E-state index is -0.962. The molecule has 0 spiro atoms. The van der Waals surface area contributed by atoms with Crippen LogP contribution in [-0.4, -0.2) is 31.6 Å². The molecule has 0 saturated carbocycles. The van der Waals surface area contributed by atoms with Crippen LogP contribution in [0.4, 0.5) is 0 Å². The topological polar surface area (TPSA) is 67.0 Å². The van der Waals surface area contributed by atoms with Gasteiger partial charge in [-0.05, 0) is 42.7 Å². The lowest BCUT2D eigenvalue weighted by Crippen LogP contribution is -2.25. The van der Waals surface area contributed by atoms with Gasteiger partial charge in [-0.2, -0.15) is 0 Å². The number of carboxylic acid groups (broad SMARTS) is 1. The van der Waals surface area contributed by atoms with Gasteiger partial charge in [-0.15, -0.1) is 0 Å². The van der Waals surface area contributed by atoms with Gasteiger partial charge in [-0.3, -0.25) is 0 Å². The van der Waals surface area contributed by atoms with Crippen LogP contribution in [0.15, 0.2) is 52.6 Å². The number of unbranched alkanes of at least 4 members (excludes halogenated alkanes) is 1. The van der Waals surface area contributed by atoms with Gasteiger partial charge in [0.2, 0.25) is 0 Å². The summed E-state index contributed by atoms with van der Waals surface area (Å²) in [5, 5.41) is 9.77. The van der Waals surface area contributed by atoms with E-state index in [9.17, 15) is 9.90 Å².